The minimum absolute atomic E-state index is 0.793. The molecule has 0 aliphatic rings. The van der Waals surface area contributed by atoms with E-state index in [-0.39, 0.29) is 0 Å². The van der Waals surface area contributed by atoms with E-state index < -0.39 is 7.14 Å². The molecule has 9 rings (SSSR count). The molecule has 46 heavy (non-hydrogen) atoms. The summed E-state index contributed by atoms with van der Waals surface area (Å²) in [5.74, 6) is 0. The summed E-state index contributed by atoms with van der Waals surface area (Å²) in [7, 11) is -3.30. The van der Waals surface area contributed by atoms with E-state index in [1.807, 2.05) is 60.7 Å². The summed E-state index contributed by atoms with van der Waals surface area (Å²) in [6, 6.07) is 60.6. The van der Waals surface area contributed by atoms with Gasteiger partial charge in [0.2, 0.25) is 0 Å². The summed E-state index contributed by atoms with van der Waals surface area (Å²) in [6.45, 7) is 0. The van der Waals surface area contributed by atoms with Crippen LogP contribution < -0.4 is 15.9 Å². The molecule has 0 fully saturated rings. The van der Waals surface area contributed by atoms with E-state index in [1.54, 1.807) is 0 Å². The molecule has 0 saturated heterocycles. The van der Waals surface area contributed by atoms with Crippen molar-refractivity contribution in [2.24, 2.45) is 0 Å². The molecule has 2 heterocycles. The van der Waals surface area contributed by atoms with Crippen molar-refractivity contribution in [2.45, 2.75) is 0 Å². The SMILES string of the molecule is O=P(c1ccccc1)(c1ccccc1)c1cc(-n2c3ccccc3c3ccccc32)cc(-n2c3ccccc3c3ccccc32)c1. The molecule has 218 valence electrons. The van der Waals surface area contributed by atoms with Crippen LogP contribution in [-0.2, 0) is 4.57 Å². The first-order valence-corrected chi connectivity index (χ1v) is 17.3. The summed E-state index contributed by atoms with van der Waals surface area (Å²) in [5, 5.41) is 7.18. The standard InChI is InChI=1S/C42H29N2OP/c45-46(32-15-3-1-4-16-32,33-17-5-2-6-18-33)34-28-30(43-39-23-11-7-19-35(39)36-20-8-12-24-40(36)43)27-31(29-34)44-41-25-13-9-21-37(41)38-22-10-14-26-42(38)44/h1-29H. The lowest BCUT2D eigenvalue weighted by Gasteiger charge is -2.23. The molecule has 0 aliphatic heterocycles. The number of nitrogens with zero attached hydrogens (tertiary/aromatic N) is 2. The van der Waals surface area contributed by atoms with Crippen molar-refractivity contribution >= 4 is 66.7 Å². The number of aromatic nitrogens is 2. The Morgan fingerprint density at radius 2 is 0.630 bits per heavy atom. The zero-order chi connectivity index (χ0) is 30.7. The van der Waals surface area contributed by atoms with Gasteiger partial charge in [0, 0.05) is 48.8 Å². The molecule has 4 heteroatoms. The Morgan fingerprint density at radius 1 is 0.326 bits per heavy atom. The van der Waals surface area contributed by atoms with Crippen molar-refractivity contribution in [3.05, 3.63) is 176 Å². The van der Waals surface area contributed by atoms with Crippen LogP contribution in [0.15, 0.2) is 176 Å². The maximum atomic E-state index is 15.9. The van der Waals surface area contributed by atoms with Crippen LogP contribution in [0.3, 0.4) is 0 Å². The van der Waals surface area contributed by atoms with Gasteiger partial charge in [0.25, 0.3) is 0 Å². The lowest BCUT2D eigenvalue weighted by atomic mass is 10.2. The molecule has 9 aromatic rings. The van der Waals surface area contributed by atoms with Crippen LogP contribution >= 0.6 is 7.14 Å². The Balaban J connectivity index is 1.45. The fourth-order valence-corrected chi connectivity index (χ4v) is 9.85. The minimum atomic E-state index is -3.30. The number of benzene rings is 7. The molecule has 2 aromatic heterocycles. The summed E-state index contributed by atoms with van der Waals surface area (Å²) in [5.41, 5.74) is 6.40. The molecule has 0 spiro atoms. The van der Waals surface area contributed by atoms with Gasteiger partial charge in [-0.05, 0) is 42.5 Å². The van der Waals surface area contributed by atoms with Crippen molar-refractivity contribution in [3.63, 3.8) is 0 Å². The van der Waals surface area contributed by atoms with Crippen LogP contribution in [0.5, 0.6) is 0 Å². The van der Waals surface area contributed by atoms with Crippen molar-refractivity contribution in [2.75, 3.05) is 0 Å². The van der Waals surface area contributed by atoms with Gasteiger partial charge in [-0.15, -0.1) is 0 Å². The van der Waals surface area contributed by atoms with Crippen molar-refractivity contribution in [1.82, 2.24) is 9.13 Å². The van der Waals surface area contributed by atoms with Crippen LogP contribution in [0.2, 0.25) is 0 Å². The van der Waals surface area contributed by atoms with Gasteiger partial charge in [-0.3, -0.25) is 0 Å². The molecular weight excluding hydrogens is 579 g/mol. The van der Waals surface area contributed by atoms with Crippen molar-refractivity contribution in [3.8, 4) is 11.4 Å². The Hall–Kier alpha value is -5.63. The number of hydrogen-bond acceptors (Lipinski definition) is 1. The van der Waals surface area contributed by atoms with E-state index in [0.29, 0.717) is 0 Å². The normalized spacial score (nSPS) is 12.0. The predicted molar refractivity (Wildman–Crippen MR) is 195 cm³/mol. The molecule has 0 aliphatic carbocycles. The molecule has 3 nitrogen and oxygen atoms in total. The molecule has 0 amide bonds. The number of para-hydroxylation sites is 4. The van der Waals surface area contributed by atoms with Gasteiger partial charge in [0.1, 0.15) is 0 Å². The molecule has 0 N–H and O–H groups in total. The van der Waals surface area contributed by atoms with E-state index in [4.69, 9.17) is 0 Å². The predicted octanol–water partition coefficient (Wildman–Crippen LogP) is 9.52. The van der Waals surface area contributed by atoms with E-state index in [2.05, 4.69) is 124 Å². The van der Waals surface area contributed by atoms with Crippen LogP contribution in [-0.4, -0.2) is 9.13 Å². The highest BCUT2D eigenvalue weighted by atomic mass is 31.2. The van der Waals surface area contributed by atoms with Gasteiger partial charge in [0.15, 0.2) is 7.14 Å². The highest BCUT2D eigenvalue weighted by Gasteiger charge is 2.31. The topological polar surface area (TPSA) is 26.9 Å². The fraction of sp³-hybridized carbons (Fsp3) is 0. The van der Waals surface area contributed by atoms with Gasteiger partial charge in [-0.2, -0.15) is 0 Å². The second-order valence-corrected chi connectivity index (χ2v) is 14.5. The Labute approximate surface area is 267 Å². The van der Waals surface area contributed by atoms with Gasteiger partial charge < -0.3 is 13.7 Å². The summed E-state index contributed by atoms with van der Waals surface area (Å²) >= 11 is 0. The highest BCUT2D eigenvalue weighted by Crippen LogP contribution is 2.44. The van der Waals surface area contributed by atoms with E-state index in [1.165, 1.54) is 21.5 Å². The number of hydrogen-bond donors (Lipinski definition) is 0. The average molecular weight is 609 g/mol. The Bertz CT molecular complexity index is 2330. The van der Waals surface area contributed by atoms with Gasteiger partial charge in [-0.1, -0.05) is 133 Å². The Morgan fingerprint density at radius 3 is 0.978 bits per heavy atom. The second-order valence-electron chi connectivity index (χ2n) is 11.7. The van der Waals surface area contributed by atoms with Crippen LogP contribution in [0.25, 0.3) is 55.0 Å². The maximum Gasteiger partial charge on any atom is 0.171 e. The lowest BCUT2D eigenvalue weighted by Crippen LogP contribution is -2.26. The third-order valence-corrected chi connectivity index (χ3v) is 12.2. The van der Waals surface area contributed by atoms with Crippen molar-refractivity contribution < 1.29 is 4.57 Å². The van der Waals surface area contributed by atoms with Gasteiger partial charge >= 0.3 is 0 Å². The minimum Gasteiger partial charge on any atom is -0.309 e. The molecular formula is C42H29N2OP. The summed E-state index contributed by atoms with van der Waals surface area (Å²) in [6.07, 6.45) is 0. The first-order valence-electron chi connectivity index (χ1n) is 15.6. The second kappa shape index (κ2) is 10.5. The molecule has 0 bridgehead atoms. The first-order chi connectivity index (χ1) is 22.7. The third-order valence-electron chi connectivity index (χ3n) is 9.17. The van der Waals surface area contributed by atoms with Gasteiger partial charge in [-0.25, -0.2) is 0 Å². The quantitative estimate of drug-likeness (QED) is 0.179. The fourth-order valence-electron chi connectivity index (χ4n) is 7.14. The van der Waals surface area contributed by atoms with E-state index in [9.17, 15) is 0 Å². The van der Waals surface area contributed by atoms with Crippen LogP contribution in [0, 0.1) is 0 Å². The number of rotatable bonds is 5. The third kappa shape index (κ3) is 3.96. The van der Waals surface area contributed by atoms with Crippen LogP contribution in [0.4, 0.5) is 0 Å². The van der Waals surface area contributed by atoms with E-state index in [0.717, 1.165) is 49.4 Å². The number of fused-ring (bicyclic) bond motifs is 6. The molecule has 0 atom stereocenters. The molecule has 7 aromatic carbocycles. The highest BCUT2D eigenvalue weighted by molar-refractivity contribution is 7.85. The summed E-state index contributed by atoms with van der Waals surface area (Å²) in [4.78, 5) is 0. The van der Waals surface area contributed by atoms with Crippen LogP contribution in [0.1, 0.15) is 0 Å². The average Bonchev–Trinajstić information content (AvgIpc) is 3.65. The van der Waals surface area contributed by atoms with Gasteiger partial charge in [0.05, 0.1) is 22.1 Å². The smallest absolute Gasteiger partial charge is 0.171 e. The maximum absolute atomic E-state index is 15.9. The monoisotopic (exact) mass is 608 g/mol. The molecule has 0 unspecified atom stereocenters. The summed E-state index contributed by atoms with van der Waals surface area (Å²) < 4.78 is 20.5. The van der Waals surface area contributed by atoms with Crippen molar-refractivity contribution in [1.29, 1.82) is 0 Å². The van der Waals surface area contributed by atoms with E-state index >= 15 is 4.57 Å². The largest absolute Gasteiger partial charge is 0.309 e. The lowest BCUT2D eigenvalue weighted by molar-refractivity contribution is 0.592. The zero-order valence-corrected chi connectivity index (χ0v) is 25.9. The zero-order valence-electron chi connectivity index (χ0n) is 25.0. The molecule has 0 radical (unpaired) electrons. The Kier molecular flexibility index (Phi) is 6.09. The first kappa shape index (κ1) is 26.7. The molecule has 0 saturated carbocycles.